The molecule has 124 valence electrons. The Labute approximate surface area is 135 Å². The molecule has 0 aliphatic rings. The molecule has 2 rings (SSSR count). The molecule has 2 heterocycles. The molecule has 0 aliphatic carbocycles. The lowest BCUT2D eigenvalue weighted by atomic mass is 10.2. The van der Waals surface area contributed by atoms with Crippen molar-refractivity contribution in [1.29, 1.82) is 0 Å². The topological polar surface area (TPSA) is 78.3 Å². The normalized spacial score (nSPS) is 12.1. The molecule has 1 atom stereocenters. The second kappa shape index (κ2) is 7.73. The summed E-state index contributed by atoms with van der Waals surface area (Å²) in [6, 6.07) is 0. The molecule has 0 bridgehead atoms. The van der Waals surface area contributed by atoms with Gasteiger partial charge in [-0.15, -0.1) is 6.58 Å². The van der Waals surface area contributed by atoms with Crippen molar-refractivity contribution in [2.45, 2.75) is 26.5 Å². The van der Waals surface area contributed by atoms with Crippen LogP contribution in [0.5, 0.6) is 0 Å². The van der Waals surface area contributed by atoms with Crippen LogP contribution in [0.25, 0.3) is 11.0 Å². The first-order valence-electron chi connectivity index (χ1n) is 7.51. The minimum Gasteiger partial charge on any atom is -0.462 e. The molecule has 2 aromatic heterocycles. The summed E-state index contributed by atoms with van der Waals surface area (Å²) in [5, 5.41) is 7.69. The van der Waals surface area contributed by atoms with Gasteiger partial charge in [-0.05, 0) is 13.8 Å². The van der Waals surface area contributed by atoms with Gasteiger partial charge in [-0.25, -0.2) is 4.79 Å². The number of nitrogens with one attached hydrogen (secondary N) is 1. The Bertz CT molecular complexity index is 696. The maximum atomic E-state index is 12.1. The van der Waals surface area contributed by atoms with Gasteiger partial charge in [0, 0.05) is 19.9 Å². The number of hydrogen-bond donors (Lipinski definition) is 1. The molecule has 0 fully saturated rings. The molecule has 7 nitrogen and oxygen atoms in total. The van der Waals surface area contributed by atoms with Crippen molar-refractivity contribution in [3.05, 3.63) is 30.6 Å². The Morgan fingerprint density at radius 3 is 3.00 bits per heavy atom. The van der Waals surface area contributed by atoms with E-state index in [1.807, 2.05) is 13.1 Å². The van der Waals surface area contributed by atoms with Gasteiger partial charge in [-0.2, -0.15) is 5.10 Å². The Hall–Kier alpha value is -2.41. The Morgan fingerprint density at radius 2 is 2.35 bits per heavy atom. The maximum Gasteiger partial charge on any atom is 0.341 e. The van der Waals surface area contributed by atoms with Crippen LogP contribution in [0.15, 0.2) is 25.0 Å². The van der Waals surface area contributed by atoms with Gasteiger partial charge in [0.05, 0.1) is 31.1 Å². The highest BCUT2D eigenvalue weighted by atomic mass is 16.5. The number of nitrogens with zero attached hydrogens (tertiary/aromatic N) is 3. The van der Waals surface area contributed by atoms with Crippen LogP contribution in [-0.4, -0.2) is 47.1 Å². The highest BCUT2D eigenvalue weighted by molar-refractivity contribution is 6.03. The van der Waals surface area contributed by atoms with E-state index in [0.29, 0.717) is 42.0 Å². The lowest BCUT2D eigenvalue weighted by Crippen LogP contribution is -2.15. The number of carbonyl (C=O) groups is 1. The molecule has 0 saturated carbocycles. The fourth-order valence-corrected chi connectivity index (χ4v) is 2.16. The SMILES string of the molecule is C=CCNc1c(C(=O)OCC)cnc2cn(CC(C)OC)nc12. The molecule has 0 saturated heterocycles. The molecule has 0 spiro atoms. The van der Waals surface area contributed by atoms with Crippen molar-refractivity contribution < 1.29 is 14.3 Å². The van der Waals surface area contributed by atoms with E-state index in [1.165, 1.54) is 6.20 Å². The largest absolute Gasteiger partial charge is 0.462 e. The standard InChI is InChI=1S/C16H22N4O3/c1-5-7-17-14-12(16(21)23-6-2)8-18-13-10-20(19-15(13)14)9-11(3)22-4/h5,8,10-11,17H,1,6-7,9H2,2-4H3. The number of carbonyl (C=O) groups excluding carboxylic acids is 1. The molecule has 0 aromatic carbocycles. The number of rotatable bonds is 8. The zero-order chi connectivity index (χ0) is 16.8. The molecule has 0 aliphatic heterocycles. The average Bonchev–Trinajstić information content (AvgIpc) is 2.95. The van der Waals surface area contributed by atoms with Crippen molar-refractivity contribution in [2.75, 3.05) is 25.6 Å². The molecular weight excluding hydrogens is 296 g/mol. The quantitative estimate of drug-likeness (QED) is 0.594. The van der Waals surface area contributed by atoms with Crippen molar-refractivity contribution >= 4 is 22.7 Å². The van der Waals surface area contributed by atoms with Crippen LogP contribution in [-0.2, 0) is 16.0 Å². The van der Waals surface area contributed by atoms with E-state index in [0.717, 1.165) is 0 Å². The number of esters is 1. The lowest BCUT2D eigenvalue weighted by molar-refractivity contribution is 0.0527. The second-order valence-corrected chi connectivity index (χ2v) is 5.07. The summed E-state index contributed by atoms with van der Waals surface area (Å²) < 4.78 is 12.1. The third-order valence-electron chi connectivity index (χ3n) is 3.35. The Balaban J connectivity index is 2.46. The number of ether oxygens (including phenoxy) is 2. The van der Waals surface area contributed by atoms with E-state index < -0.39 is 5.97 Å². The first kappa shape index (κ1) is 17.0. The first-order chi connectivity index (χ1) is 11.1. The van der Waals surface area contributed by atoms with Crippen LogP contribution in [0.2, 0.25) is 0 Å². The predicted octanol–water partition coefficient (Wildman–Crippen LogP) is 2.24. The van der Waals surface area contributed by atoms with Crippen LogP contribution >= 0.6 is 0 Å². The smallest absolute Gasteiger partial charge is 0.341 e. The Kier molecular flexibility index (Phi) is 5.70. The molecule has 1 unspecified atom stereocenters. The van der Waals surface area contributed by atoms with E-state index in [1.54, 1.807) is 24.8 Å². The zero-order valence-corrected chi connectivity index (χ0v) is 13.7. The van der Waals surface area contributed by atoms with Gasteiger partial charge >= 0.3 is 5.97 Å². The van der Waals surface area contributed by atoms with Gasteiger partial charge in [0.2, 0.25) is 0 Å². The van der Waals surface area contributed by atoms with Crippen LogP contribution < -0.4 is 5.32 Å². The summed E-state index contributed by atoms with van der Waals surface area (Å²) >= 11 is 0. The number of methoxy groups -OCH3 is 1. The van der Waals surface area contributed by atoms with Gasteiger partial charge < -0.3 is 14.8 Å². The third kappa shape index (κ3) is 3.87. The van der Waals surface area contributed by atoms with E-state index in [9.17, 15) is 4.79 Å². The number of anilines is 1. The van der Waals surface area contributed by atoms with Crippen molar-refractivity contribution in [3.8, 4) is 0 Å². The van der Waals surface area contributed by atoms with Crippen molar-refractivity contribution in [1.82, 2.24) is 14.8 Å². The fourth-order valence-electron chi connectivity index (χ4n) is 2.16. The van der Waals surface area contributed by atoms with Crippen LogP contribution in [0.4, 0.5) is 5.69 Å². The zero-order valence-electron chi connectivity index (χ0n) is 13.7. The minimum absolute atomic E-state index is 0.0263. The van der Waals surface area contributed by atoms with Gasteiger partial charge in [0.15, 0.2) is 0 Å². The van der Waals surface area contributed by atoms with Gasteiger partial charge in [-0.1, -0.05) is 6.08 Å². The van der Waals surface area contributed by atoms with E-state index in [2.05, 4.69) is 22.0 Å². The minimum atomic E-state index is -0.423. The maximum absolute atomic E-state index is 12.1. The van der Waals surface area contributed by atoms with E-state index in [-0.39, 0.29) is 6.10 Å². The van der Waals surface area contributed by atoms with Gasteiger partial charge in [-0.3, -0.25) is 9.67 Å². The summed E-state index contributed by atoms with van der Waals surface area (Å²) in [4.78, 5) is 16.4. The highest BCUT2D eigenvalue weighted by Crippen LogP contribution is 2.25. The van der Waals surface area contributed by atoms with Crippen LogP contribution in [0.1, 0.15) is 24.2 Å². The molecule has 0 amide bonds. The predicted molar refractivity (Wildman–Crippen MR) is 88.6 cm³/mol. The molecule has 7 heteroatoms. The molecular formula is C16H22N4O3. The summed E-state index contributed by atoms with van der Waals surface area (Å²) in [5.41, 5.74) is 2.30. The summed E-state index contributed by atoms with van der Waals surface area (Å²) in [7, 11) is 1.65. The molecule has 1 N–H and O–H groups in total. The second-order valence-electron chi connectivity index (χ2n) is 5.07. The van der Waals surface area contributed by atoms with Crippen molar-refractivity contribution in [2.24, 2.45) is 0 Å². The average molecular weight is 318 g/mol. The number of pyridine rings is 1. The van der Waals surface area contributed by atoms with E-state index >= 15 is 0 Å². The van der Waals surface area contributed by atoms with Gasteiger partial charge in [0.25, 0.3) is 0 Å². The molecule has 2 aromatic rings. The monoisotopic (exact) mass is 318 g/mol. The highest BCUT2D eigenvalue weighted by Gasteiger charge is 2.19. The summed E-state index contributed by atoms with van der Waals surface area (Å²) in [6.07, 6.45) is 5.08. The van der Waals surface area contributed by atoms with Crippen LogP contribution in [0, 0.1) is 0 Å². The summed E-state index contributed by atoms with van der Waals surface area (Å²) in [5.74, 6) is -0.423. The number of fused-ring (bicyclic) bond motifs is 1. The van der Waals surface area contributed by atoms with E-state index in [4.69, 9.17) is 9.47 Å². The van der Waals surface area contributed by atoms with Gasteiger partial charge in [0.1, 0.15) is 16.6 Å². The number of hydrogen-bond acceptors (Lipinski definition) is 6. The van der Waals surface area contributed by atoms with Crippen molar-refractivity contribution in [3.63, 3.8) is 0 Å². The molecule has 0 radical (unpaired) electrons. The molecule has 23 heavy (non-hydrogen) atoms. The lowest BCUT2D eigenvalue weighted by Gasteiger charge is -2.10. The van der Waals surface area contributed by atoms with Crippen LogP contribution in [0.3, 0.4) is 0 Å². The third-order valence-corrected chi connectivity index (χ3v) is 3.35. The number of aromatic nitrogens is 3. The Morgan fingerprint density at radius 1 is 1.57 bits per heavy atom. The first-order valence-corrected chi connectivity index (χ1v) is 7.51. The fraction of sp³-hybridized carbons (Fsp3) is 0.438. The summed E-state index contributed by atoms with van der Waals surface area (Å²) in [6.45, 7) is 8.82.